The lowest BCUT2D eigenvalue weighted by Crippen LogP contribution is -2.60. The summed E-state index contributed by atoms with van der Waals surface area (Å²) in [4.78, 5) is 25.4. The Bertz CT molecular complexity index is 1110. The molecule has 2 aromatic carbocycles. The predicted octanol–water partition coefficient (Wildman–Crippen LogP) is 4.46. The Balaban J connectivity index is 1.84. The van der Waals surface area contributed by atoms with E-state index in [0.717, 1.165) is 17.7 Å². The van der Waals surface area contributed by atoms with E-state index in [1.807, 2.05) is 42.2 Å². The summed E-state index contributed by atoms with van der Waals surface area (Å²) in [7, 11) is 1.45. The van der Waals surface area contributed by atoms with Crippen LogP contribution in [0.3, 0.4) is 0 Å². The molecule has 0 aliphatic carbocycles. The number of hydrogen-bond donors (Lipinski definition) is 0. The Hall–Kier alpha value is -3.55. The third-order valence-corrected chi connectivity index (χ3v) is 6.16. The molecule has 2 aliphatic rings. The smallest absolute Gasteiger partial charge is 0.325 e. The van der Waals surface area contributed by atoms with Gasteiger partial charge in [0.15, 0.2) is 11.5 Å². The first-order chi connectivity index (χ1) is 15.2. The van der Waals surface area contributed by atoms with Crippen LogP contribution in [0.5, 0.6) is 11.5 Å². The second kappa shape index (κ2) is 7.85. The first-order valence-corrected chi connectivity index (χ1v) is 10.5. The van der Waals surface area contributed by atoms with Gasteiger partial charge >= 0.3 is 5.97 Å². The fourth-order valence-electron chi connectivity index (χ4n) is 4.51. The number of nitrogens with zero attached hydrogens (tertiary/aromatic N) is 2. The first-order valence-electron chi connectivity index (χ1n) is 10.5. The van der Waals surface area contributed by atoms with Crippen LogP contribution in [0.1, 0.15) is 38.3 Å². The Labute approximate surface area is 186 Å². The van der Waals surface area contributed by atoms with E-state index in [1.54, 1.807) is 6.08 Å². The molecule has 0 amide bonds. The molecule has 0 aromatic heterocycles. The van der Waals surface area contributed by atoms with E-state index in [1.165, 1.54) is 19.2 Å². The van der Waals surface area contributed by atoms with Crippen LogP contribution < -0.4 is 14.4 Å². The number of carbonyl (C=O) groups is 1. The minimum atomic E-state index is -1.06. The SMILES string of the molecule is CCCOC(=O)CN1c2ccccc2C(C)(C)C12C=Cc1cc([N+](=O)[O-])cc(OC)c1O2. The molecule has 1 spiro atoms. The first kappa shape index (κ1) is 21.7. The molecular formula is C24H26N2O6. The van der Waals surface area contributed by atoms with Crippen LogP contribution in [0, 0.1) is 10.1 Å². The van der Waals surface area contributed by atoms with Crippen molar-refractivity contribution in [3.05, 3.63) is 63.7 Å². The van der Waals surface area contributed by atoms with E-state index in [4.69, 9.17) is 14.2 Å². The minimum Gasteiger partial charge on any atom is -0.493 e. The highest BCUT2D eigenvalue weighted by atomic mass is 16.6. The summed E-state index contributed by atoms with van der Waals surface area (Å²) in [6.07, 6.45) is 4.40. The molecule has 0 bridgehead atoms. The Morgan fingerprint density at radius 2 is 2.00 bits per heavy atom. The number of carbonyl (C=O) groups excluding carboxylic acids is 1. The summed E-state index contributed by atoms with van der Waals surface area (Å²) in [5.74, 6) is 0.309. The standard InChI is InChI=1S/C24H26N2O6/c1-5-12-31-21(27)15-25-19-9-7-6-8-18(19)23(2,3)24(25)11-10-16-13-17(26(28)29)14-20(30-4)22(16)32-24/h6-11,13-14H,5,12,15H2,1-4H3. The molecule has 168 valence electrons. The summed E-state index contributed by atoms with van der Waals surface area (Å²) < 4.78 is 17.5. The van der Waals surface area contributed by atoms with E-state index in [0.29, 0.717) is 17.9 Å². The number of ether oxygens (including phenoxy) is 3. The van der Waals surface area contributed by atoms with Gasteiger partial charge in [0.2, 0.25) is 5.72 Å². The molecule has 32 heavy (non-hydrogen) atoms. The molecule has 0 N–H and O–H groups in total. The number of non-ortho nitro benzene ring substituents is 1. The van der Waals surface area contributed by atoms with Crippen molar-refractivity contribution in [1.82, 2.24) is 0 Å². The molecule has 0 saturated heterocycles. The van der Waals surface area contributed by atoms with Gasteiger partial charge < -0.3 is 19.1 Å². The lowest BCUT2D eigenvalue weighted by atomic mass is 9.76. The van der Waals surface area contributed by atoms with Crippen molar-refractivity contribution in [1.29, 1.82) is 0 Å². The van der Waals surface area contributed by atoms with Crippen LogP contribution in [0.15, 0.2) is 42.5 Å². The topological polar surface area (TPSA) is 91.1 Å². The molecule has 2 aromatic rings. The van der Waals surface area contributed by atoms with E-state index in [2.05, 4.69) is 13.8 Å². The van der Waals surface area contributed by atoms with Crippen LogP contribution in [0.4, 0.5) is 11.4 Å². The molecule has 8 nitrogen and oxygen atoms in total. The maximum atomic E-state index is 12.6. The Kier molecular flexibility index (Phi) is 5.32. The maximum absolute atomic E-state index is 12.6. The van der Waals surface area contributed by atoms with Gasteiger partial charge in [0.1, 0.15) is 6.54 Å². The largest absolute Gasteiger partial charge is 0.493 e. The van der Waals surface area contributed by atoms with Gasteiger partial charge in [-0.25, -0.2) is 0 Å². The molecule has 0 fully saturated rings. The van der Waals surface area contributed by atoms with E-state index < -0.39 is 16.1 Å². The van der Waals surface area contributed by atoms with Crippen molar-refractivity contribution < 1.29 is 23.9 Å². The van der Waals surface area contributed by atoms with Crippen LogP contribution in [0.2, 0.25) is 0 Å². The number of benzene rings is 2. The van der Waals surface area contributed by atoms with Gasteiger partial charge in [0.05, 0.1) is 30.1 Å². The van der Waals surface area contributed by atoms with Crippen molar-refractivity contribution >= 4 is 23.4 Å². The summed E-state index contributed by atoms with van der Waals surface area (Å²) in [5, 5.41) is 11.3. The lowest BCUT2D eigenvalue weighted by Gasteiger charge is -2.46. The van der Waals surface area contributed by atoms with Gasteiger partial charge in [-0.1, -0.05) is 25.1 Å². The number of esters is 1. The molecule has 0 saturated carbocycles. The number of nitro benzene ring substituents is 1. The number of hydrogen-bond acceptors (Lipinski definition) is 7. The number of anilines is 1. The zero-order valence-corrected chi connectivity index (χ0v) is 18.6. The third-order valence-electron chi connectivity index (χ3n) is 6.16. The summed E-state index contributed by atoms with van der Waals surface area (Å²) in [6.45, 7) is 6.39. The molecule has 1 unspecified atom stereocenters. The van der Waals surface area contributed by atoms with Crippen molar-refractivity contribution in [2.45, 2.75) is 38.3 Å². The lowest BCUT2D eigenvalue weighted by molar-refractivity contribution is -0.385. The molecular weight excluding hydrogens is 412 g/mol. The van der Waals surface area contributed by atoms with Gasteiger partial charge in [-0.05, 0) is 44.1 Å². The van der Waals surface area contributed by atoms with Crippen LogP contribution in [0.25, 0.3) is 6.08 Å². The quantitative estimate of drug-likeness (QED) is 0.374. The average Bonchev–Trinajstić information content (AvgIpc) is 2.95. The molecule has 0 radical (unpaired) electrons. The van der Waals surface area contributed by atoms with Crippen LogP contribution >= 0.6 is 0 Å². The monoisotopic (exact) mass is 438 g/mol. The van der Waals surface area contributed by atoms with Crippen molar-refractivity contribution in [2.75, 3.05) is 25.2 Å². The Morgan fingerprint density at radius 1 is 1.25 bits per heavy atom. The zero-order valence-electron chi connectivity index (χ0n) is 18.6. The van der Waals surface area contributed by atoms with Gasteiger partial charge in [0, 0.05) is 17.3 Å². The summed E-state index contributed by atoms with van der Waals surface area (Å²) in [6, 6.07) is 10.7. The second-order valence-electron chi connectivity index (χ2n) is 8.40. The predicted molar refractivity (Wildman–Crippen MR) is 120 cm³/mol. The van der Waals surface area contributed by atoms with Crippen LogP contribution in [-0.2, 0) is 14.9 Å². The normalized spacial score (nSPS) is 19.8. The Morgan fingerprint density at radius 3 is 2.69 bits per heavy atom. The molecule has 8 heteroatoms. The van der Waals surface area contributed by atoms with Gasteiger partial charge in [-0.2, -0.15) is 0 Å². The number of nitro groups is 1. The highest BCUT2D eigenvalue weighted by molar-refractivity contribution is 5.82. The minimum absolute atomic E-state index is 0.00455. The highest BCUT2D eigenvalue weighted by Gasteiger charge is 2.59. The molecule has 1 atom stereocenters. The third kappa shape index (κ3) is 3.18. The number of rotatable bonds is 6. The van der Waals surface area contributed by atoms with Crippen LogP contribution in [-0.4, -0.2) is 36.9 Å². The van der Waals surface area contributed by atoms with E-state index in [-0.39, 0.29) is 24.0 Å². The highest BCUT2D eigenvalue weighted by Crippen LogP contribution is 2.56. The molecule has 2 heterocycles. The fourth-order valence-corrected chi connectivity index (χ4v) is 4.51. The van der Waals surface area contributed by atoms with Gasteiger partial charge in [-0.3, -0.25) is 14.9 Å². The maximum Gasteiger partial charge on any atom is 0.325 e. The number of methoxy groups -OCH3 is 1. The number of para-hydroxylation sites is 1. The van der Waals surface area contributed by atoms with Crippen molar-refractivity contribution in [3.63, 3.8) is 0 Å². The average molecular weight is 438 g/mol. The van der Waals surface area contributed by atoms with Crippen molar-refractivity contribution in [3.8, 4) is 11.5 Å². The summed E-state index contributed by atoms with van der Waals surface area (Å²) >= 11 is 0. The van der Waals surface area contributed by atoms with E-state index >= 15 is 0 Å². The van der Waals surface area contributed by atoms with Gasteiger partial charge in [0.25, 0.3) is 5.69 Å². The number of fused-ring (bicyclic) bond motifs is 2. The summed E-state index contributed by atoms with van der Waals surface area (Å²) in [5.41, 5.74) is 0.742. The van der Waals surface area contributed by atoms with E-state index in [9.17, 15) is 14.9 Å². The fraction of sp³-hybridized carbons (Fsp3) is 0.375. The molecule has 4 rings (SSSR count). The van der Waals surface area contributed by atoms with Gasteiger partial charge in [-0.15, -0.1) is 0 Å². The second-order valence-corrected chi connectivity index (χ2v) is 8.40. The van der Waals surface area contributed by atoms with Crippen molar-refractivity contribution in [2.24, 2.45) is 0 Å². The zero-order chi connectivity index (χ0) is 23.1. The molecule has 2 aliphatic heterocycles.